The third kappa shape index (κ3) is 0.333. The lowest BCUT2D eigenvalue weighted by atomic mass is 9.63. The van der Waals surface area contributed by atoms with Crippen LogP contribution in [0.3, 0.4) is 0 Å². The monoisotopic (exact) mass is 133 g/mol. The van der Waals surface area contributed by atoms with Crippen LogP contribution in [0.25, 0.3) is 0 Å². The lowest BCUT2D eigenvalue weighted by Gasteiger charge is -2.42. The van der Waals surface area contributed by atoms with Crippen molar-refractivity contribution in [3.63, 3.8) is 0 Å². The van der Waals surface area contributed by atoms with Crippen LogP contribution in [-0.2, 0) is 0 Å². The van der Waals surface area contributed by atoms with Crippen molar-refractivity contribution in [2.24, 2.45) is 11.7 Å². The molecule has 3 aliphatic rings. The molecule has 0 aromatic carbocycles. The van der Waals surface area contributed by atoms with Gasteiger partial charge in [-0.3, -0.25) is 0 Å². The Kier molecular flexibility index (Phi) is 0.575. The van der Waals surface area contributed by atoms with Gasteiger partial charge in [-0.1, -0.05) is 11.6 Å². The standard InChI is InChI=1S/C9H11N/c1-9(10)4-6-2-5-3-7(9)8(5)6/h4,7H,2-3,10H2,1H3/t7?,9-/m1/s1. The molecule has 1 nitrogen and oxygen atoms in total. The van der Waals surface area contributed by atoms with E-state index in [4.69, 9.17) is 5.73 Å². The van der Waals surface area contributed by atoms with Gasteiger partial charge in [-0.2, -0.15) is 0 Å². The molecule has 0 fully saturated rings. The number of nitrogens with two attached hydrogens (primary N) is 1. The van der Waals surface area contributed by atoms with Crippen LogP contribution >= 0.6 is 0 Å². The minimum Gasteiger partial charge on any atom is -0.322 e. The summed E-state index contributed by atoms with van der Waals surface area (Å²) in [7, 11) is 0. The van der Waals surface area contributed by atoms with Gasteiger partial charge in [-0.15, -0.1) is 0 Å². The molecular formula is C9H11N. The molecule has 0 amide bonds. The average Bonchev–Trinajstić information content (AvgIpc) is 1.97. The summed E-state index contributed by atoms with van der Waals surface area (Å²) in [4.78, 5) is 0. The Morgan fingerprint density at radius 3 is 3.00 bits per heavy atom. The number of allylic oxidation sites excluding steroid dienone is 2. The maximum Gasteiger partial charge on any atom is 0.0389 e. The van der Waals surface area contributed by atoms with Crippen LogP contribution in [0.2, 0.25) is 0 Å². The van der Waals surface area contributed by atoms with Crippen LogP contribution < -0.4 is 5.73 Å². The Balaban J connectivity index is 2.21. The first-order valence-corrected chi connectivity index (χ1v) is 3.91. The van der Waals surface area contributed by atoms with E-state index in [0.29, 0.717) is 5.92 Å². The molecule has 0 saturated heterocycles. The van der Waals surface area contributed by atoms with Crippen molar-refractivity contribution in [2.75, 3.05) is 0 Å². The van der Waals surface area contributed by atoms with Crippen molar-refractivity contribution in [1.82, 2.24) is 0 Å². The fraction of sp³-hybridized carbons (Fsp3) is 0.556. The highest BCUT2D eigenvalue weighted by Crippen LogP contribution is 2.60. The zero-order valence-electron chi connectivity index (χ0n) is 6.15. The number of hydrogen-bond acceptors (Lipinski definition) is 1. The summed E-state index contributed by atoms with van der Waals surface area (Å²) in [5.74, 6) is 0.700. The van der Waals surface area contributed by atoms with Crippen LogP contribution in [0.5, 0.6) is 0 Å². The van der Waals surface area contributed by atoms with Gasteiger partial charge in [0.15, 0.2) is 0 Å². The molecule has 0 radical (unpaired) electrons. The first-order chi connectivity index (χ1) is 4.68. The normalized spacial score (nSPS) is 47.8. The molecule has 1 heteroatoms. The molecule has 0 bridgehead atoms. The van der Waals surface area contributed by atoms with Gasteiger partial charge in [0.1, 0.15) is 0 Å². The average molecular weight is 133 g/mol. The Labute approximate surface area is 60.6 Å². The third-order valence-corrected chi connectivity index (χ3v) is 3.17. The summed E-state index contributed by atoms with van der Waals surface area (Å²) in [6.07, 6.45) is 4.80. The molecule has 0 saturated carbocycles. The van der Waals surface area contributed by atoms with Gasteiger partial charge in [0.25, 0.3) is 0 Å². The van der Waals surface area contributed by atoms with Crippen molar-refractivity contribution in [3.05, 3.63) is 22.8 Å². The molecule has 10 heavy (non-hydrogen) atoms. The van der Waals surface area contributed by atoms with Gasteiger partial charge in [-0.05, 0) is 30.9 Å². The topological polar surface area (TPSA) is 26.0 Å². The van der Waals surface area contributed by atoms with E-state index in [1.54, 1.807) is 16.7 Å². The number of hydrogen-bond donors (Lipinski definition) is 1. The molecule has 3 rings (SSSR count). The molecule has 0 aromatic rings. The molecule has 0 aliphatic heterocycles. The lowest BCUT2D eigenvalue weighted by Crippen LogP contribution is -2.44. The summed E-state index contributed by atoms with van der Waals surface area (Å²) in [5.41, 5.74) is 10.9. The second-order valence-electron chi connectivity index (χ2n) is 3.99. The fourth-order valence-electron chi connectivity index (χ4n) is 2.55. The molecule has 3 aliphatic carbocycles. The maximum absolute atomic E-state index is 6.07. The summed E-state index contributed by atoms with van der Waals surface area (Å²) < 4.78 is 0. The van der Waals surface area contributed by atoms with E-state index in [1.807, 2.05) is 0 Å². The molecule has 52 valence electrons. The maximum atomic E-state index is 6.07. The number of rotatable bonds is 0. The minimum absolute atomic E-state index is 0.00463. The minimum atomic E-state index is 0.00463. The van der Waals surface area contributed by atoms with Crippen LogP contribution in [0.15, 0.2) is 22.8 Å². The van der Waals surface area contributed by atoms with Gasteiger partial charge in [0, 0.05) is 11.5 Å². The largest absolute Gasteiger partial charge is 0.322 e. The first-order valence-electron chi connectivity index (χ1n) is 3.91. The highest BCUT2D eigenvalue weighted by Gasteiger charge is 2.51. The van der Waals surface area contributed by atoms with E-state index in [1.165, 1.54) is 12.8 Å². The van der Waals surface area contributed by atoms with Crippen molar-refractivity contribution in [3.8, 4) is 0 Å². The zero-order valence-corrected chi connectivity index (χ0v) is 6.15. The zero-order chi connectivity index (χ0) is 6.93. The Bertz CT molecular complexity index is 281. The second kappa shape index (κ2) is 1.12. The predicted molar refractivity (Wildman–Crippen MR) is 40.4 cm³/mol. The molecule has 0 heterocycles. The van der Waals surface area contributed by atoms with Crippen LogP contribution in [0, 0.1) is 5.92 Å². The van der Waals surface area contributed by atoms with Gasteiger partial charge in [0.2, 0.25) is 0 Å². The molecule has 2 atom stereocenters. The quantitative estimate of drug-likeness (QED) is 0.530. The molecular weight excluding hydrogens is 122 g/mol. The molecule has 2 N–H and O–H groups in total. The van der Waals surface area contributed by atoms with Crippen LogP contribution in [0.4, 0.5) is 0 Å². The second-order valence-corrected chi connectivity index (χ2v) is 3.99. The van der Waals surface area contributed by atoms with E-state index in [-0.39, 0.29) is 5.54 Å². The molecule has 0 aromatic heterocycles. The summed E-state index contributed by atoms with van der Waals surface area (Å²) >= 11 is 0. The lowest BCUT2D eigenvalue weighted by molar-refractivity contribution is 0.379. The van der Waals surface area contributed by atoms with Crippen LogP contribution in [0.1, 0.15) is 19.8 Å². The van der Waals surface area contributed by atoms with E-state index in [0.717, 1.165) is 0 Å². The van der Waals surface area contributed by atoms with Crippen molar-refractivity contribution in [2.45, 2.75) is 25.3 Å². The summed E-state index contributed by atoms with van der Waals surface area (Å²) in [5, 5.41) is 0. The molecule has 0 spiro atoms. The highest BCUT2D eigenvalue weighted by atomic mass is 14.8. The molecule has 1 unspecified atom stereocenters. The predicted octanol–water partition coefficient (Wildman–Crippen LogP) is 1.36. The Morgan fingerprint density at radius 2 is 2.50 bits per heavy atom. The van der Waals surface area contributed by atoms with Crippen LogP contribution in [-0.4, -0.2) is 5.54 Å². The SMILES string of the molecule is C[C@@]1(N)C=C2CC3=C2C1C3. The smallest absolute Gasteiger partial charge is 0.0389 e. The van der Waals surface area contributed by atoms with E-state index in [9.17, 15) is 0 Å². The fourth-order valence-corrected chi connectivity index (χ4v) is 2.55. The Hall–Kier alpha value is -0.560. The van der Waals surface area contributed by atoms with E-state index < -0.39 is 0 Å². The highest BCUT2D eigenvalue weighted by molar-refractivity contribution is 5.63. The van der Waals surface area contributed by atoms with E-state index in [2.05, 4.69) is 13.0 Å². The first kappa shape index (κ1) is 5.14. The van der Waals surface area contributed by atoms with Crippen molar-refractivity contribution >= 4 is 0 Å². The van der Waals surface area contributed by atoms with Gasteiger partial charge < -0.3 is 5.73 Å². The third-order valence-electron chi connectivity index (χ3n) is 3.17. The van der Waals surface area contributed by atoms with Gasteiger partial charge >= 0.3 is 0 Å². The van der Waals surface area contributed by atoms with Gasteiger partial charge in [0.05, 0.1) is 0 Å². The van der Waals surface area contributed by atoms with Gasteiger partial charge in [-0.25, -0.2) is 0 Å². The Morgan fingerprint density at radius 1 is 1.70 bits per heavy atom. The van der Waals surface area contributed by atoms with Crippen molar-refractivity contribution in [1.29, 1.82) is 0 Å². The van der Waals surface area contributed by atoms with E-state index >= 15 is 0 Å². The summed E-state index contributed by atoms with van der Waals surface area (Å²) in [6.45, 7) is 2.15. The van der Waals surface area contributed by atoms with Crippen molar-refractivity contribution < 1.29 is 0 Å². The summed E-state index contributed by atoms with van der Waals surface area (Å²) in [6, 6.07) is 0.